The van der Waals surface area contributed by atoms with Gasteiger partial charge in [-0.2, -0.15) is 5.10 Å². The summed E-state index contributed by atoms with van der Waals surface area (Å²) in [5.41, 5.74) is 0.664. The van der Waals surface area contributed by atoms with Crippen molar-refractivity contribution in [3.05, 3.63) is 48.3 Å². The van der Waals surface area contributed by atoms with Gasteiger partial charge >= 0.3 is 0 Å². The number of nitrogens with zero attached hydrogens (tertiary/aromatic N) is 4. The van der Waals surface area contributed by atoms with Crippen LogP contribution in [-0.4, -0.2) is 38.7 Å². The van der Waals surface area contributed by atoms with Crippen LogP contribution in [0.25, 0.3) is 11.7 Å². The molecule has 0 saturated carbocycles. The molecule has 1 atom stereocenters. The standard InChI is InChI=1S/C18H20N4O3/c1-13-15(20-18(25-13)16-6-3-10-24-16)11-17(23)21-8-2-5-14(12-21)22-9-4-7-19-22/h3-4,6-7,9-10,14H,2,5,8,11-12H2,1H3. The second-order valence-electron chi connectivity index (χ2n) is 6.30. The van der Waals surface area contributed by atoms with Gasteiger partial charge in [0.15, 0.2) is 5.76 Å². The fraction of sp³-hybridized carbons (Fsp3) is 0.389. The molecule has 0 aromatic carbocycles. The van der Waals surface area contributed by atoms with Gasteiger partial charge in [-0.3, -0.25) is 9.48 Å². The van der Waals surface area contributed by atoms with Gasteiger partial charge in [0.1, 0.15) is 5.76 Å². The molecule has 0 spiro atoms. The number of aryl methyl sites for hydroxylation is 1. The average molecular weight is 340 g/mol. The minimum Gasteiger partial charge on any atom is -0.459 e. The number of hydrogen-bond acceptors (Lipinski definition) is 5. The van der Waals surface area contributed by atoms with Crippen molar-refractivity contribution in [1.82, 2.24) is 19.7 Å². The van der Waals surface area contributed by atoms with Gasteiger partial charge in [-0.05, 0) is 38.0 Å². The average Bonchev–Trinajstić information content (AvgIpc) is 3.38. The highest BCUT2D eigenvalue weighted by molar-refractivity contribution is 5.78. The minimum absolute atomic E-state index is 0.0688. The van der Waals surface area contributed by atoms with Crippen molar-refractivity contribution in [3.8, 4) is 11.7 Å². The van der Waals surface area contributed by atoms with E-state index in [1.54, 1.807) is 24.6 Å². The van der Waals surface area contributed by atoms with Gasteiger partial charge in [-0.25, -0.2) is 4.98 Å². The number of rotatable bonds is 4. The van der Waals surface area contributed by atoms with E-state index in [9.17, 15) is 4.79 Å². The van der Waals surface area contributed by atoms with Gasteiger partial charge in [0.25, 0.3) is 5.89 Å². The van der Waals surface area contributed by atoms with Crippen LogP contribution in [0, 0.1) is 6.92 Å². The summed E-state index contributed by atoms with van der Waals surface area (Å²) in [6.45, 7) is 3.28. The molecule has 0 bridgehead atoms. The molecule has 4 rings (SSSR count). The zero-order valence-corrected chi connectivity index (χ0v) is 14.1. The summed E-state index contributed by atoms with van der Waals surface area (Å²) >= 11 is 0. The first-order valence-electron chi connectivity index (χ1n) is 8.48. The van der Waals surface area contributed by atoms with Gasteiger partial charge in [0.05, 0.1) is 24.4 Å². The summed E-state index contributed by atoms with van der Waals surface area (Å²) in [4.78, 5) is 19.1. The Bertz CT molecular complexity index is 836. The third-order valence-electron chi connectivity index (χ3n) is 4.59. The summed E-state index contributed by atoms with van der Waals surface area (Å²) in [6.07, 6.45) is 7.55. The summed E-state index contributed by atoms with van der Waals surface area (Å²) < 4.78 is 12.9. The molecule has 3 aromatic heterocycles. The first kappa shape index (κ1) is 15.7. The van der Waals surface area contributed by atoms with Crippen LogP contribution in [-0.2, 0) is 11.2 Å². The van der Waals surface area contributed by atoms with E-state index in [1.165, 1.54) is 0 Å². The Balaban J connectivity index is 1.45. The maximum atomic E-state index is 12.7. The maximum absolute atomic E-state index is 12.7. The van der Waals surface area contributed by atoms with Crippen molar-refractivity contribution in [2.24, 2.45) is 0 Å². The van der Waals surface area contributed by atoms with Crippen LogP contribution in [0.4, 0.5) is 0 Å². The van der Waals surface area contributed by atoms with Gasteiger partial charge in [0.2, 0.25) is 5.91 Å². The maximum Gasteiger partial charge on any atom is 0.263 e. The van der Waals surface area contributed by atoms with Gasteiger partial charge in [-0.15, -0.1) is 0 Å². The summed E-state index contributed by atoms with van der Waals surface area (Å²) in [5.74, 6) is 1.71. The Morgan fingerprint density at radius 1 is 1.40 bits per heavy atom. The second-order valence-corrected chi connectivity index (χ2v) is 6.30. The molecule has 1 aliphatic heterocycles. The molecule has 130 valence electrons. The van der Waals surface area contributed by atoms with Crippen LogP contribution < -0.4 is 0 Å². The van der Waals surface area contributed by atoms with Crippen LogP contribution in [0.2, 0.25) is 0 Å². The fourth-order valence-electron chi connectivity index (χ4n) is 3.25. The number of oxazole rings is 1. The zero-order valence-electron chi connectivity index (χ0n) is 14.1. The topological polar surface area (TPSA) is 77.3 Å². The SMILES string of the molecule is Cc1oc(-c2ccco2)nc1CC(=O)N1CCCC(n2cccn2)C1. The first-order valence-corrected chi connectivity index (χ1v) is 8.48. The number of likely N-dealkylation sites (tertiary alicyclic amines) is 1. The van der Waals surface area contributed by atoms with Gasteiger partial charge in [-0.1, -0.05) is 0 Å². The van der Waals surface area contributed by atoms with Crippen LogP contribution >= 0.6 is 0 Å². The van der Waals surface area contributed by atoms with E-state index >= 15 is 0 Å². The number of carbonyl (C=O) groups excluding carboxylic acids is 1. The number of amides is 1. The van der Waals surface area contributed by atoms with Crippen LogP contribution in [0.3, 0.4) is 0 Å². The van der Waals surface area contributed by atoms with E-state index < -0.39 is 0 Å². The Hall–Kier alpha value is -2.83. The number of furan rings is 1. The van der Waals surface area contributed by atoms with E-state index in [1.807, 2.05) is 28.8 Å². The Labute approximate surface area is 145 Å². The highest BCUT2D eigenvalue weighted by Crippen LogP contribution is 2.24. The number of carbonyl (C=O) groups is 1. The monoisotopic (exact) mass is 340 g/mol. The molecule has 0 radical (unpaired) electrons. The predicted octanol–water partition coefficient (Wildman–Crippen LogP) is 2.85. The molecule has 1 saturated heterocycles. The van der Waals surface area contributed by atoms with Crippen molar-refractivity contribution in [2.45, 2.75) is 32.2 Å². The van der Waals surface area contributed by atoms with E-state index in [0.717, 1.165) is 19.4 Å². The zero-order chi connectivity index (χ0) is 17.2. The molecule has 0 N–H and O–H groups in total. The Morgan fingerprint density at radius 2 is 2.32 bits per heavy atom. The molecule has 3 aromatic rings. The van der Waals surface area contributed by atoms with E-state index in [0.29, 0.717) is 29.6 Å². The lowest BCUT2D eigenvalue weighted by Gasteiger charge is -2.32. The summed E-state index contributed by atoms with van der Waals surface area (Å²) in [7, 11) is 0. The normalized spacial score (nSPS) is 17.8. The van der Waals surface area contributed by atoms with Crippen LogP contribution in [0.1, 0.15) is 30.3 Å². The van der Waals surface area contributed by atoms with E-state index in [-0.39, 0.29) is 18.4 Å². The molecular formula is C18H20N4O3. The third kappa shape index (κ3) is 3.22. The molecule has 1 amide bonds. The van der Waals surface area contributed by atoms with Crippen molar-refractivity contribution >= 4 is 5.91 Å². The predicted molar refractivity (Wildman–Crippen MR) is 89.7 cm³/mol. The lowest BCUT2D eigenvalue weighted by Crippen LogP contribution is -2.41. The molecule has 7 heteroatoms. The lowest BCUT2D eigenvalue weighted by molar-refractivity contribution is -0.132. The van der Waals surface area contributed by atoms with Crippen molar-refractivity contribution in [1.29, 1.82) is 0 Å². The first-order chi connectivity index (χ1) is 12.2. The second kappa shape index (κ2) is 6.58. The lowest BCUT2D eigenvalue weighted by atomic mass is 10.1. The molecule has 7 nitrogen and oxygen atoms in total. The molecule has 1 aliphatic rings. The summed E-state index contributed by atoms with van der Waals surface area (Å²) in [5, 5.41) is 4.30. The van der Waals surface area contributed by atoms with Gasteiger partial charge < -0.3 is 13.7 Å². The Morgan fingerprint density at radius 3 is 3.08 bits per heavy atom. The number of piperidine rings is 1. The van der Waals surface area contributed by atoms with E-state index in [4.69, 9.17) is 8.83 Å². The highest BCUT2D eigenvalue weighted by Gasteiger charge is 2.26. The fourth-order valence-corrected chi connectivity index (χ4v) is 3.25. The van der Waals surface area contributed by atoms with Gasteiger partial charge in [0, 0.05) is 25.5 Å². The van der Waals surface area contributed by atoms with Crippen LogP contribution in [0.5, 0.6) is 0 Å². The molecule has 1 fully saturated rings. The number of hydrogen-bond donors (Lipinski definition) is 0. The van der Waals surface area contributed by atoms with E-state index in [2.05, 4.69) is 10.1 Å². The van der Waals surface area contributed by atoms with Crippen LogP contribution in [0.15, 0.2) is 45.7 Å². The molecular weight excluding hydrogens is 320 g/mol. The molecule has 0 aliphatic carbocycles. The molecule has 4 heterocycles. The molecule has 1 unspecified atom stereocenters. The van der Waals surface area contributed by atoms with Crippen molar-refractivity contribution < 1.29 is 13.6 Å². The smallest absolute Gasteiger partial charge is 0.263 e. The van der Waals surface area contributed by atoms with Crippen molar-refractivity contribution in [2.75, 3.05) is 13.1 Å². The Kier molecular flexibility index (Phi) is 4.13. The molecule has 25 heavy (non-hydrogen) atoms. The largest absolute Gasteiger partial charge is 0.459 e. The highest BCUT2D eigenvalue weighted by atomic mass is 16.4. The third-order valence-corrected chi connectivity index (χ3v) is 4.59. The van der Waals surface area contributed by atoms with Crippen molar-refractivity contribution in [3.63, 3.8) is 0 Å². The minimum atomic E-state index is 0.0688. The summed E-state index contributed by atoms with van der Waals surface area (Å²) in [6, 6.07) is 5.72. The quantitative estimate of drug-likeness (QED) is 0.730. The number of aromatic nitrogens is 3.